The van der Waals surface area contributed by atoms with Crippen LogP contribution in [0.25, 0.3) is 0 Å². The second kappa shape index (κ2) is 7.83. The second-order valence-electron chi connectivity index (χ2n) is 6.13. The van der Waals surface area contributed by atoms with E-state index in [1.807, 2.05) is 0 Å². The van der Waals surface area contributed by atoms with Crippen molar-refractivity contribution in [3.63, 3.8) is 0 Å². The molecule has 0 bridgehead atoms. The van der Waals surface area contributed by atoms with E-state index in [1.54, 1.807) is 0 Å². The van der Waals surface area contributed by atoms with Crippen molar-refractivity contribution >= 4 is 36.9 Å². The molecule has 0 aliphatic heterocycles. The first kappa shape index (κ1) is 18.3. The van der Waals surface area contributed by atoms with Crippen LogP contribution in [0.15, 0.2) is 91.0 Å². The average molecular weight is 415 g/mol. The molecular weight excluding hydrogens is 391 g/mol. The molecule has 3 aromatic carbocycles. The van der Waals surface area contributed by atoms with Gasteiger partial charge in [-0.1, -0.05) is 0 Å². The molecule has 0 unspecified atom stereocenters. The predicted molar refractivity (Wildman–Crippen MR) is 115 cm³/mol. The Morgan fingerprint density at radius 2 is 1.04 bits per heavy atom. The van der Waals surface area contributed by atoms with Gasteiger partial charge in [-0.3, -0.25) is 0 Å². The summed E-state index contributed by atoms with van der Waals surface area (Å²) in [6.45, 7) is 2.92. The first-order chi connectivity index (χ1) is 12.2. The maximum absolute atomic E-state index is 6.86. The molecular formula is C22H24BrOP. The Labute approximate surface area is 158 Å². The van der Waals surface area contributed by atoms with E-state index in [0.29, 0.717) is 0 Å². The van der Waals surface area contributed by atoms with Crippen molar-refractivity contribution in [1.29, 1.82) is 0 Å². The Morgan fingerprint density at radius 1 is 0.680 bits per heavy atom. The van der Waals surface area contributed by atoms with Gasteiger partial charge < -0.3 is 0 Å². The third-order valence-electron chi connectivity index (χ3n) is 4.48. The van der Waals surface area contributed by atoms with Crippen LogP contribution in [0.4, 0.5) is 0 Å². The fraction of sp³-hybridized carbons (Fsp3) is 0.182. The van der Waals surface area contributed by atoms with E-state index in [-0.39, 0.29) is 0 Å². The van der Waals surface area contributed by atoms with Crippen LogP contribution in [0.1, 0.15) is 19.8 Å². The van der Waals surface area contributed by atoms with E-state index in [4.69, 9.17) is 4.52 Å². The summed E-state index contributed by atoms with van der Waals surface area (Å²) in [4.78, 5) is 0. The van der Waals surface area contributed by atoms with Gasteiger partial charge in [0.15, 0.2) is 0 Å². The summed E-state index contributed by atoms with van der Waals surface area (Å²) < 4.78 is 6.86. The summed E-state index contributed by atoms with van der Waals surface area (Å²) in [5, 5.41) is 3.59. The van der Waals surface area contributed by atoms with E-state index >= 15 is 0 Å². The molecule has 3 aromatic rings. The molecule has 0 atom stereocenters. The van der Waals surface area contributed by atoms with Crippen LogP contribution in [0.3, 0.4) is 0 Å². The van der Waals surface area contributed by atoms with Crippen molar-refractivity contribution < 1.29 is 4.52 Å². The predicted octanol–water partition coefficient (Wildman–Crippen LogP) is 5.56. The van der Waals surface area contributed by atoms with Crippen LogP contribution < -0.4 is 15.9 Å². The van der Waals surface area contributed by atoms with Gasteiger partial charge in [-0.05, 0) is 0 Å². The third-order valence-corrected chi connectivity index (χ3v) is 13.1. The maximum atomic E-state index is 6.86. The summed E-state index contributed by atoms with van der Waals surface area (Å²) in [6.07, 6.45) is 2.15. The molecule has 0 fully saturated rings. The Bertz CT molecular complexity index is 691. The van der Waals surface area contributed by atoms with Crippen LogP contribution in [0.2, 0.25) is 0 Å². The van der Waals surface area contributed by atoms with Gasteiger partial charge in [0.05, 0.1) is 0 Å². The molecule has 130 valence electrons. The van der Waals surface area contributed by atoms with Crippen molar-refractivity contribution in [2.75, 3.05) is 6.61 Å². The number of hydrogen-bond acceptors (Lipinski definition) is 1. The molecule has 3 rings (SSSR count). The number of unbranched alkanes of at least 4 members (excludes halogenated alkanes) is 1. The van der Waals surface area contributed by atoms with E-state index in [1.165, 1.54) is 15.9 Å². The van der Waals surface area contributed by atoms with Gasteiger partial charge in [0.25, 0.3) is 0 Å². The molecule has 0 aliphatic carbocycles. The van der Waals surface area contributed by atoms with E-state index in [2.05, 4.69) is 113 Å². The monoisotopic (exact) mass is 414 g/mol. The van der Waals surface area contributed by atoms with E-state index in [0.717, 1.165) is 19.4 Å². The van der Waals surface area contributed by atoms with Crippen molar-refractivity contribution in [3.05, 3.63) is 91.0 Å². The molecule has 0 heterocycles. The van der Waals surface area contributed by atoms with Gasteiger partial charge in [0.1, 0.15) is 0 Å². The van der Waals surface area contributed by atoms with Gasteiger partial charge in [0, 0.05) is 0 Å². The summed E-state index contributed by atoms with van der Waals surface area (Å²) in [6, 6.07) is 31.8. The fourth-order valence-corrected chi connectivity index (χ4v) is 9.62. The van der Waals surface area contributed by atoms with Crippen molar-refractivity contribution in [1.82, 2.24) is 0 Å². The molecule has 0 N–H and O–H groups in total. The molecule has 0 aliphatic rings. The normalized spacial score (nSPS) is 13.1. The molecule has 0 saturated carbocycles. The van der Waals surface area contributed by atoms with E-state index in [9.17, 15) is 0 Å². The summed E-state index contributed by atoms with van der Waals surface area (Å²) in [5.74, 6) is 0. The van der Waals surface area contributed by atoms with Gasteiger partial charge in [0.2, 0.25) is 0 Å². The number of hydrogen-bond donors (Lipinski definition) is 0. The molecule has 1 nitrogen and oxygen atoms in total. The zero-order valence-corrected chi connectivity index (χ0v) is 17.0. The summed E-state index contributed by atoms with van der Waals surface area (Å²) in [5.41, 5.74) is -3.16. The van der Waals surface area contributed by atoms with Gasteiger partial charge in [-0.25, -0.2) is 0 Å². The van der Waals surface area contributed by atoms with E-state index < -0.39 is 5.53 Å². The van der Waals surface area contributed by atoms with Gasteiger partial charge >= 0.3 is 159 Å². The number of halogens is 1. The van der Waals surface area contributed by atoms with Gasteiger partial charge in [-0.15, -0.1) is 0 Å². The van der Waals surface area contributed by atoms with Crippen LogP contribution in [0, 0.1) is 0 Å². The van der Waals surface area contributed by atoms with Crippen LogP contribution in [-0.4, -0.2) is 6.61 Å². The molecule has 0 aromatic heterocycles. The Hall–Kier alpha value is -1.47. The van der Waals surface area contributed by atoms with Crippen LogP contribution in [-0.2, 0) is 4.52 Å². The number of rotatable bonds is 7. The summed E-state index contributed by atoms with van der Waals surface area (Å²) >= 11 is 4.26. The second-order valence-corrected chi connectivity index (χ2v) is 13.9. The average Bonchev–Trinajstić information content (AvgIpc) is 2.70. The molecule has 0 radical (unpaired) electrons. The Balaban J connectivity index is 2.32. The fourth-order valence-electron chi connectivity index (χ4n) is 3.13. The number of benzene rings is 3. The van der Waals surface area contributed by atoms with Gasteiger partial charge in [-0.2, -0.15) is 0 Å². The summed E-state index contributed by atoms with van der Waals surface area (Å²) in [7, 11) is 0. The quantitative estimate of drug-likeness (QED) is 0.363. The molecule has 0 spiro atoms. The minimum atomic E-state index is -3.16. The van der Waals surface area contributed by atoms with Crippen molar-refractivity contribution in [3.8, 4) is 0 Å². The Morgan fingerprint density at radius 3 is 1.36 bits per heavy atom. The van der Waals surface area contributed by atoms with Crippen molar-refractivity contribution in [2.24, 2.45) is 0 Å². The van der Waals surface area contributed by atoms with Crippen molar-refractivity contribution in [2.45, 2.75) is 19.8 Å². The first-order valence-electron chi connectivity index (χ1n) is 8.75. The SMILES string of the molecule is CCCCOP(Br)(c1ccccc1)(c1ccccc1)c1ccccc1. The third kappa shape index (κ3) is 3.31. The topological polar surface area (TPSA) is 9.23 Å². The van der Waals surface area contributed by atoms with Crippen LogP contribution in [0.5, 0.6) is 0 Å². The molecule has 3 heteroatoms. The molecule has 25 heavy (non-hydrogen) atoms. The minimum absolute atomic E-state index is 0.720. The zero-order chi connectivity index (χ0) is 17.6. The van der Waals surface area contributed by atoms with Crippen LogP contribution >= 0.6 is 21.0 Å². The molecule has 0 saturated heterocycles. The molecule has 0 amide bonds. The zero-order valence-electron chi connectivity index (χ0n) is 14.5. The Kier molecular flexibility index (Phi) is 5.74. The standard InChI is InChI=1S/C22H24BrOP/c1-2-3-19-24-25(23,20-13-7-4-8-14-20,21-15-9-5-10-16-21)22-17-11-6-12-18-22/h4-18H,2-3,19H2,1H3. The first-order valence-corrected chi connectivity index (χ1v) is 12.9.